The maximum atomic E-state index is 13.2. The Kier molecular flexibility index (Phi) is 3.60. The van der Waals surface area contributed by atoms with Crippen molar-refractivity contribution >= 4 is 17.6 Å². The lowest BCUT2D eigenvalue weighted by atomic mass is 10.1. The molecule has 0 atom stereocenters. The second kappa shape index (κ2) is 5.42. The lowest BCUT2D eigenvalue weighted by Gasteiger charge is -2.38. The molecule has 0 amide bonds. The van der Waals surface area contributed by atoms with Crippen LogP contribution in [0.3, 0.4) is 0 Å². The standard InChI is InChI=1S/C13H12ClFN4O2/c14-9-1-8(2-10(15)3-9)4-18-5-11(6-18)19-7-12(13(20)21)16-17-19/h1-3,7,11H,4-6H2,(H,20,21). The van der Waals surface area contributed by atoms with Crippen molar-refractivity contribution < 1.29 is 14.3 Å². The number of benzene rings is 1. The number of rotatable bonds is 4. The summed E-state index contributed by atoms with van der Waals surface area (Å²) in [5.74, 6) is -1.44. The Bertz CT molecular complexity index is 664. The normalized spacial score (nSPS) is 15.9. The highest BCUT2D eigenvalue weighted by atomic mass is 35.5. The minimum atomic E-state index is -1.09. The summed E-state index contributed by atoms with van der Waals surface area (Å²) in [6.45, 7) is 2.00. The summed E-state index contributed by atoms with van der Waals surface area (Å²) in [6, 6.07) is 4.55. The average molecular weight is 311 g/mol. The van der Waals surface area contributed by atoms with E-state index in [0.29, 0.717) is 24.7 Å². The van der Waals surface area contributed by atoms with Crippen LogP contribution in [0.1, 0.15) is 22.1 Å². The first-order valence-corrected chi connectivity index (χ1v) is 6.71. The van der Waals surface area contributed by atoms with Crippen LogP contribution in [0.2, 0.25) is 5.02 Å². The minimum Gasteiger partial charge on any atom is -0.476 e. The van der Waals surface area contributed by atoms with Gasteiger partial charge in [0, 0.05) is 24.7 Å². The van der Waals surface area contributed by atoms with Crippen molar-refractivity contribution in [1.82, 2.24) is 19.9 Å². The maximum Gasteiger partial charge on any atom is 0.358 e. The van der Waals surface area contributed by atoms with Crippen molar-refractivity contribution in [2.75, 3.05) is 13.1 Å². The van der Waals surface area contributed by atoms with Crippen LogP contribution in [0.5, 0.6) is 0 Å². The van der Waals surface area contributed by atoms with Gasteiger partial charge in [-0.15, -0.1) is 5.10 Å². The molecule has 8 heteroatoms. The van der Waals surface area contributed by atoms with Crippen LogP contribution in [0.15, 0.2) is 24.4 Å². The molecule has 110 valence electrons. The van der Waals surface area contributed by atoms with Gasteiger partial charge in [0.2, 0.25) is 0 Å². The summed E-state index contributed by atoms with van der Waals surface area (Å²) in [6.07, 6.45) is 1.42. The molecule has 0 unspecified atom stereocenters. The Balaban J connectivity index is 1.59. The van der Waals surface area contributed by atoms with Gasteiger partial charge in [-0.2, -0.15) is 0 Å². The molecule has 1 aromatic heterocycles. The summed E-state index contributed by atoms with van der Waals surface area (Å²) in [4.78, 5) is 12.8. The lowest BCUT2D eigenvalue weighted by Crippen LogP contribution is -2.47. The van der Waals surface area contributed by atoms with Crippen molar-refractivity contribution in [2.24, 2.45) is 0 Å². The predicted molar refractivity (Wildman–Crippen MR) is 72.7 cm³/mol. The third-order valence-corrected chi connectivity index (χ3v) is 3.59. The first-order valence-electron chi connectivity index (χ1n) is 6.34. The molecule has 6 nitrogen and oxygen atoms in total. The summed E-state index contributed by atoms with van der Waals surface area (Å²) in [7, 11) is 0. The van der Waals surface area contributed by atoms with E-state index in [4.69, 9.17) is 16.7 Å². The Hall–Kier alpha value is -1.99. The molecular weight excluding hydrogens is 299 g/mol. The molecule has 2 heterocycles. The Morgan fingerprint density at radius 1 is 1.43 bits per heavy atom. The number of aromatic nitrogens is 3. The minimum absolute atomic E-state index is 0.0645. The van der Waals surface area contributed by atoms with Crippen molar-refractivity contribution in [2.45, 2.75) is 12.6 Å². The number of hydrogen-bond acceptors (Lipinski definition) is 4. The van der Waals surface area contributed by atoms with E-state index in [1.807, 2.05) is 0 Å². The highest BCUT2D eigenvalue weighted by molar-refractivity contribution is 6.30. The van der Waals surface area contributed by atoms with Crippen molar-refractivity contribution in [1.29, 1.82) is 0 Å². The highest BCUT2D eigenvalue weighted by Crippen LogP contribution is 2.24. The van der Waals surface area contributed by atoms with Gasteiger partial charge >= 0.3 is 5.97 Å². The molecule has 1 N–H and O–H groups in total. The number of carboxylic acids is 1. The molecule has 0 aliphatic carbocycles. The number of hydrogen-bond donors (Lipinski definition) is 1. The predicted octanol–water partition coefficient (Wildman–Crippen LogP) is 1.83. The molecule has 1 fully saturated rings. The number of halogens is 2. The monoisotopic (exact) mass is 310 g/mol. The molecular formula is C13H12ClFN4O2. The maximum absolute atomic E-state index is 13.2. The molecule has 0 bridgehead atoms. The van der Waals surface area contributed by atoms with Gasteiger partial charge in [-0.05, 0) is 23.8 Å². The molecule has 0 spiro atoms. The molecule has 0 saturated carbocycles. The van der Waals surface area contributed by atoms with Crippen LogP contribution in [0.4, 0.5) is 4.39 Å². The van der Waals surface area contributed by atoms with Gasteiger partial charge in [0.05, 0.1) is 12.2 Å². The topological polar surface area (TPSA) is 71.2 Å². The smallest absolute Gasteiger partial charge is 0.358 e. The molecule has 1 aliphatic heterocycles. The average Bonchev–Trinajstić information content (AvgIpc) is 2.81. The van der Waals surface area contributed by atoms with Crippen LogP contribution in [-0.2, 0) is 6.54 Å². The third kappa shape index (κ3) is 3.03. The lowest BCUT2D eigenvalue weighted by molar-refractivity contribution is 0.0690. The van der Waals surface area contributed by atoms with E-state index in [0.717, 1.165) is 5.56 Å². The summed E-state index contributed by atoms with van der Waals surface area (Å²) in [5, 5.41) is 16.6. The van der Waals surface area contributed by atoms with Gasteiger partial charge in [-0.1, -0.05) is 16.8 Å². The number of aromatic carboxylic acids is 1. The largest absolute Gasteiger partial charge is 0.476 e. The van der Waals surface area contributed by atoms with E-state index < -0.39 is 5.97 Å². The van der Waals surface area contributed by atoms with Gasteiger partial charge in [-0.3, -0.25) is 4.90 Å². The van der Waals surface area contributed by atoms with Crippen molar-refractivity contribution in [3.05, 3.63) is 46.5 Å². The second-order valence-electron chi connectivity index (χ2n) is 5.01. The number of likely N-dealkylation sites (tertiary alicyclic amines) is 1. The number of nitrogens with zero attached hydrogens (tertiary/aromatic N) is 4. The molecule has 1 saturated heterocycles. The zero-order valence-electron chi connectivity index (χ0n) is 10.9. The highest BCUT2D eigenvalue weighted by Gasteiger charge is 2.29. The van der Waals surface area contributed by atoms with Crippen LogP contribution >= 0.6 is 11.6 Å². The Morgan fingerprint density at radius 2 is 2.19 bits per heavy atom. The fourth-order valence-corrected chi connectivity index (χ4v) is 2.60. The quantitative estimate of drug-likeness (QED) is 0.933. The molecule has 2 aromatic rings. The van der Waals surface area contributed by atoms with E-state index in [9.17, 15) is 9.18 Å². The zero-order valence-corrected chi connectivity index (χ0v) is 11.7. The van der Waals surface area contributed by atoms with Crippen LogP contribution in [0.25, 0.3) is 0 Å². The zero-order chi connectivity index (χ0) is 15.0. The summed E-state index contributed by atoms with van der Waals surface area (Å²) in [5.41, 5.74) is 0.744. The van der Waals surface area contributed by atoms with Gasteiger partial charge in [0.15, 0.2) is 5.69 Å². The molecule has 21 heavy (non-hydrogen) atoms. The van der Waals surface area contributed by atoms with Gasteiger partial charge in [-0.25, -0.2) is 13.9 Å². The molecule has 0 radical (unpaired) electrons. The van der Waals surface area contributed by atoms with Crippen LogP contribution < -0.4 is 0 Å². The molecule has 3 rings (SSSR count). The Morgan fingerprint density at radius 3 is 2.81 bits per heavy atom. The Labute approximate surface area is 124 Å². The van der Waals surface area contributed by atoms with Crippen molar-refractivity contribution in [3.8, 4) is 0 Å². The van der Waals surface area contributed by atoms with E-state index in [2.05, 4.69) is 15.2 Å². The summed E-state index contributed by atoms with van der Waals surface area (Å²) >= 11 is 5.82. The van der Waals surface area contributed by atoms with Crippen molar-refractivity contribution in [3.63, 3.8) is 0 Å². The first-order chi connectivity index (χ1) is 10.0. The molecule has 1 aromatic carbocycles. The molecule has 1 aliphatic rings. The van der Waals surface area contributed by atoms with Crippen LogP contribution in [0, 0.1) is 5.82 Å². The SMILES string of the molecule is O=C(O)c1cn(C2CN(Cc3cc(F)cc(Cl)c3)C2)nn1. The third-order valence-electron chi connectivity index (χ3n) is 3.37. The van der Waals surface area contributed by atoms with E-state index in [1.54, 1.807) is 10.7 Å². The van der Waals surface area contributed by atoms with Gasteiger partial charge in [0.1, 0.15) is 5.82 Å². The first kappa shape index (κ1) is 14.0. The fraction of sp³-hybridized carbons (Fsp3) is 0.308. The number of carbonyl (C=O) groups is 1. The van der Waals surface area contributed by atoms with E-state index in [-0.39, 0.29) is 17.6 Å². The van der Waals surface area contributed by atoms with E-state index in [1.165, 1.54) is 18.3 Å². The fourth-order valence-electron chi connectivity index (χ4n) is 2.35. The van der Waals surface area contributed by atoms with Crippen LogP contribution in [-0.4, -0.2) is 44.1 Å². The second-order valence-corrected chi connectivity index (χ2v) is 5.45. The summed E-state index contributed by atoms with van der Waals surface area (Å²) < 4.78 is 14.8. The van der Waals surface area contributed by atoms with Gasteiger partial charge < -0.3 is 5.11 Å². The number of carboxylic acid groups (broad SMARTS) is 1. The van der Waals surface area contributed by atoms with Gasteiger partial charge in [0.25, 0.3) is 0 Å². The van der Waals surface area contributed by atoms with E-state index >= 15 is 0 Å².